The largest absolute Gasteiger partial charge is 0.393 e. The van der Waals surface area contributed by atoms with Gasteiger partial charge in [-0.15, -0.1) is 0 Å². The van der Waals surface area contributed by atoms with Crippen molar-refractivity contribution in [2.75, 3.05) is 0 Å². The Labute approximate surface area is 81.5 Å². The zero-order valence-corrected chi connectivity index (χ0v) is 9.14. The third-order valence-corrected chi connectivity index (χ3v) is 4.56. The molecule has 0 unspecified atom stereocenters. The number of hydrogen-bond donors (Lipinski definition) is 1. The molecule has 2 aliphatic carbocycles. The molecular weight excluding hydrogens is 160 g/mol. The van der Waals surface area contributed by atoms with Gasteiger partial charge >= 0.3 is 0 Å². The van der Waals surface area contributed by atoms with Crippen LogP contribution in [0.3, 0.4) is 0 Å². The van der Waals surface area contributed by atoms with Crippen molar-refractivity contribution in [3.8, 4) is 0 Å². The first-order chi connectivity index (χ1) is 5.96. The lowest BCUT2D eigenvalue weighted by Crippen LogP contribution is -2.43. The molecular formula is C12H22O. The molecule has 2 aliphatic rings. The fraction of sp³-hybridized carbons (Fsp3) is 1.00. The van der Waals surface area contributed by atoms with Crippen LogP contribution >= 0.6 is 0 Å². The summed E-state index contributed by atoms with van der Waals surface area (Å²) < 4.78 is 0. The van der Waals surface area contributed by atoms with Crippen molar-refractivity contribution in [1.82, 2.24) is 0 Å². The summed E-state index contributed by atoms with van der Waals surface area (Å²) in [4.78, 5) is 0. The molecule has 0 radical (unpaired) electrons. The molecule has 0 aromatic heterocycles. The molecule has 1 N–H and O–H groups in total. The molecule has 76 valence electrons. The van der Waals surface area contributed by atoms with E-state index in [0.717, 1.165) is 6.42 Å². The standard InChI is InChI=1S/C12H22O/c1-11(2)6-4-7-12(3)8-5-9(13)10(11)12/h9-10,13H,4-8H2,1-3H3/t9-,10-,12-/m0/s1. The van der Waals surface area contributed by atoms with Crippen molar-refractivity contribution in [3.05, 3.63) is 0 Å². The third-order valence-electron chi connectivity index (χ3n) is 4.56. The molecule has 0 aliphatic heterocycles. The van der Waals surface area contributed by atoms with Crippen molar-refractivity contribution in [2.45, 2.75) is 59.0 Å². The second kappa shape index (κ2) is 2.73. The Morgan fingerprint density at radius 2 is 1.77 bits per heavy atom. The summed E-state index contributed by atoms with van der Waals surface area (Å²) in [5, 5.41) is 10.0. The van der Waals surface area contributed by atoms with Crippen LogP contribution in [0.2, 0.25) is 0 Å². The zero-order valence-electron chi connectivity index (χ0n) is 9.14. The Kier molecular flexibility index (Phi) is 1.99. The molecule has 1 heteroatoms. The lowest BCUT2D eigenvalue weighted by Gasteiger charge is -2.48. The molecule has 2 fully saturated rings. The molecule has 1 nitrogen and oxygen atoms in total. The molecule has 3 atom stereocenters. The SMILES string of the molecule is CC1(C)CCC[C@@]2(C)CC[C@H](O)[C@@H]12. The number of aliphatic hydroxyl groups is 1. The van der Waals surface area contributed by atoms with Crippen molar-refractivity contribution < 1.29 is 5.11 Å². The first kappa shape index (κ1) is 9.51. The van der Waals surface area contributed by atoms with Crippen LogP contribution in [0.4, 0.5) is 0 Å². The van der Waals surface area contributed by atoms with Gasteiger partial charge in [0.05, 0.1) is 6.10 Å². The first-order valence-electron chi connectivity index (χ1n) is 5.64. The minimum Gasteiger partial charge on any atom is -0.393 e. The predicted molar refractivity (Wildman–Crippen MR) is 54.5 cm³/mol. The second-order valence-electron chi connectivity index (χ2n) is 6.08. The van der Waals surface area contributed by atoms with Crippen LogP contribution < -0.4 is 0 Å². The van der Waals surface area contributed by atoms with Crippen LogP contribution in [0.5, 0.6) is 0 Å². The van der Waals surface area contributed by atoms with Gasteiger partial charge < -0.3 is 5.11 Å². The lowest BCUT2D eigenvalue weighted by molar-refractivity contribution is -0.0359. The normalized spacial score (nSPS) is 48.9. The van der Waals surface area contributed by atoms with E-state index in [1.165, 1.54) is 25.7 Å². The van der Waals surface area contributed by atoms with Crippen LogP contribution in [0.25, 0.3) is 0 Å². The van der Waals surface area contributed by atoms with E-state index >= 15 is 0 Å². The summed E-state index contributed by atoms with van der Waals surface area (Å²) in [5.41, 5.74) is 0.810. The Morgan fingerprint density at radius 3 is 2.38 bits per heavy atom. The van der Waals surface area contributed by atoms with Crippen LogP contribution in [0, 0.1) is 16.7 Å². The highest BCUT2D eigenvalue weighted by molar-refractivity contribution is 5.03. The quantitative estimate of drug-likeness (QED) is 0.610. The van der Waals surface area contributed by atoms with E-state index in [4.69, 9.17) is 0 Å². The molecule has 0 aromatic carbocycles. The van der Waals surface area contributed by atoms with E-state index in [-0.39, 0.29) is 6.10 Å². The van der Waals surface area contributed by atoms with E-state index in [1.807, 2.05) is 0 Å². The fourth-order valence-electron chi connectivity index (χ4n) is 4.11. The smallest absolute Gasteiger partial charge is 0.0578 e. The van der Waals surface area contributed by atoms with Gasteiger partial charge in [0.25, 0.3) is 0 Å². The maximum absolute atomic E-state index is 10.0. The highest BCUT2D eigenvalue weighted by atomic mass is 16.3. The molecule has 13 heavy (non-hydrogen) atoms. The van der Waals surface area contributed by atoms with Gasteiger partial charge in [0.1, 0.15) is 0 Å². The van der Waals surface area contributed by atoms with Gasteiger partial charge in [-0.1, -0.05) is 27.2 Å². The highest BCUT2D eigenvalue weighted by Crippen LogP contribution is 2.59. The average Bonchev–Trinajstić information content (AvgIpc) is 2.27. The van der Waals surface area contributed by atoms with E-state index in [1.54, 1.807) is 0 Å². The Bertz CT molecular complexity index is 205. The van der Waals surface area contributed by atoms with Gasteiger partial charge in [0.2, 0.25) is 0 Å². The summed E-state index contributed by atoms with van der Waals surface area (Å²) in [5.74, 6) is 0.550. The van der Waals surface area contributed by atoms with E-state index < -0.39 is 0 Å². The average molecular weight is 182 g/mol. The van der Waals surface area contributed by atoms with Crippen molar-refractivity contribution in [2.24, 2.45) is 16.7 Å². The van der Waals surface area contributed by atoms with Crippen LogP contribution in [-0.4, -0.2) is 11.2 Å². The molecule has 0 saturated heterocycles. The van der Waals surface area contributed by atoms with Gasteiger partial charge in [0.15, 0.2) is 0 Å². The number of fused-ring (bicyclic) bond motifs is 1. The molecule has 2 rings (SSSR count). The van der Waals surface area contributed by atoms with Crippen molar-refractivity contribution in [3.63, 3.8) is 0 Å². The van der Waals surface area contributed by atoms with Crippen LogP contribution in [0.15, 0.2) is 0 Å². The fourth-order valence-corrected chi connectivity index (χ4v) is 4.11. The molecule has 0 aromatic rings. The zero-order chi connectivity index (χ0) is 9.69. The van der Waals surface area contributed by atoms with Crippen molar-refractivity contribution in [1.29, 1.82) is 0 Å². The van der Waals surface area contributed by atoms with Crippen LogP contribution in [-0.2, 0) is 0 Å². The topological polar surface area (TPSA) is 20.2 Å². The van der Waals surface area contributed by atoms with Gasteiger partial charge in [-0.25, -0.2) is 0 Å². The summed E-state index contributed by atoms with van der Waals surface area (Å²) in [7, 11) is 0. The lowest BCUT2D eigenvalue weighted by atomic mass is 9.57. The van der Waals surface area contributed by atoms with Gasteiger partial charge in [0, 0.05) is 0 Å². The molecule has 0 spiro atoms. The summed E-state index contributed by atoms with van der Waals surface area (Å²) in [6.07, 6.45) is 6.22. The molecule has 0 heterocycles. The summed E-state index contributed by atoms with van der Waals surface area (Å²) in [6, 6.07) is 0. The minimum atomic E-state index is -0.0275. The molecule has 0 amide bonds. The molecule has 2 saturated carbocycles. The minimum absolute atomic E-state index is 0.0275. The molecule has 0 bridgehead atoms. The highest BCUT2D eigenvalue weighted by Gasteiger charge is 2.53. The maximum Gasteiger partial charge on any atom is 0.0578 e. The van der Waals surface area contributed by atoms with Gasteiger partial charge in [-0.2, -0.15) is 0 Å². The van der Waals surface area contributed by atoms with Crippen LogP contribution in [0.1, 0.15) is 52.9 Å². The van der Waals surface area contributed by atoms with E-state index in [2.05, 4.69) is 20.8 Å². The third kappa shape index (κ3) is 1.32. The van der Waals surface area contributed by atoms with E-state index in [9.17, 15) is 5.11 Å². The number of aliphatic hydroxyl groups excluding tert-OH is 1. The van der Waals surface area contributed by atoms with Gasteiger partial charge in [-0.05, 0) is 42.4 Å². The Balaban J connectivity index is 2.30. The van der Waals surface area contributed by atoms with Crippen molar-refractivity contribution >= 4 is 0 Å². The summed E-state index contributed by atoms with van der Waals surface area (Å²) in [6.45, 7) is 7.06. The van der Waals surface area contributed by atoms with Gasteiger partial charge in [-0.3, -0.25) is 0 Å². The number of rotatable bonds is 0. The Hall–Kier alpha value is -0.0400. The monoisotopic (exact) mass is 182 g/mol. The number of hydrogen-bond acceptors (Lipinski definition) is 1. The predicted octanol–water partition coefficient (Wildman–Crippen LogP) is 2.97. The second-order valence-corrected chi connectivity index (χ2v) is 6.08. The summed E-state index contributed by atoms with van der Waals surface area (Å²) >= 11 is 0. The maximum atomic E-state index is 10.0. The first-order valence-corrected chi connectivity index (χ1v) is 5.64. The Morgan fingerprint density at radius 1 is 1.08 bits per heavy atom. The van der Waals surface area contributed by atoms with E-state index in [0.29, 0.717) is 16.7 Å².